The molecule has 0 saturated carbocycles. The molecule has 2 N–H and O–H groups in total. The van der Waals surface area contributed by atoms with Crippen molar-refractivity contribution >= 4 is 23.3 Å². The maximum absolute atomic E-state index is 4.91. The summed E-state index contributed by atoms with van der Waals surface area (Å²) in [6.07, 6.45) is 3.23. The molecule has 0 saturated heterocycles. The Morgan fingerprint density at radius 3 is 3.20 bits per heavy atom. The summed E-state index contributed by atoms with van der Waals surface area (Å²) in [7, 11) is 0. The van der Waals surface area contributed by atoms with Gasteiger partial charge in [0.1, 0.15) is 5.52 Å². The van der Waals surface area contributed by atoms with Crippen LogP contribution in [0, 0.1) is 4.64 Å². The second-order valence-corrected chi connectivity index (χ2v) is 2.25. The van der Waals surface area contributed by atoms with Gasteiger partial charge >= 0.3 is 0 Å². The fourth-order valence-electron chi connectivity index (χ4n) is 0.784. The molecule has 0 unspecified atom stereocenters. The highest BCUT2D eigenvalue weighted by molar-refractivity contribution is 7.71. The van der Waals surface area contributed by atoms with Gasteiger partial charge < -0.3 is 4.98 Å². The largest absolute Gasteiger partial charge is 0.343 e. The van der Waals surface area contributed by atoms with Gasteiger partial charge in [-0.05, 0) is 0 Å². The lowest BCUT2D eigenvalue weighted by Gasteiger charge is -1.84. The lowest BCUT2D eigenvalue weighted by Crippen LogP contribution is -1.78. The van der Waals surface area contributed by atoms with Gasteiger partial charge in [0, 0.05) is 0 Å². The molecule has 5 heteroatoms. The summed E-state index contributed by atoms with van der Waals surface area (Å²) < 4.78 is 0.547. The van der Waals surface area contributed by atoms with Crippen LogP contribution in [-0.4, -0.2) is 20.2 Å². The van der Waals surface area contributed by atoms with Gasteiger partial charge in [-0.2, -0.15) is 5.10 Å². The van der Waals surface area contributed by atoms with Crippen LogP contribution in [0.2, 0.25) is 0 Å². The molecule has 0 spiro atoms. The SMILES string of the molecule is S=c1nc[nH]c2cn[nH]c12. The number of aromatic amines is 2. The molecule has 2 aromatic heterocycles. The van der Waals surface area contributed by atoms with Gasteiger partial charge in [0.25, 0.3) is 0 Å². The fourth-order valence-corrected chi connectivity index (χ4v) is 0.992. The molecule has 4 nitrogen and oxygen atoms in total. The van der Waals surface area contributed by atoms with Crippen molar-refractivity contribution in [2.24, 2.45) is 0 Å². The molecule has 2 heterocycles. The van der Waals surface area contributed by atoms with Crippen LogP contribution < -0.4 is 0 Å². The first-order valence-corrected chi connectivity index (χ1v) is 3.15. The third kappa shape index (κ3) is 0.640. The number of rotatable bonds is 0. The molecule has 0 fully saturated rings. The van der Waals surface area contributed by atoms with Crippen molar-refractivity contribution in [3.63, 3.8) is 0 Å². The van der Waals surface area contributed by atoms with E-state index in [9.17, 15) is 0 Å². The Bertz CT molecular complexity index is 401. The van der Waals surface area contributed by atoms with Gasteiger partial charge in [0.15, 0.2) is 4.64 Å². The van der Waals surface area contributed by atoms with Gasteiger partial charge in [-0.1, -0.05) is 12.2 Å². The minimum absolute atomic E-state index is 0.547. The minimum atomic E-state index is 0.547. The van der Waals surface area contributed by atoms with Crippen LogP contribution in [0.3, 0.4) is 0 Å². The highest BCUT2D eigenvalue weighted by atomic mass is 32.1. The van der Waals surface area contributed by atoms with Crippen molar-refractivity contribution in [1.29, 1.82) is 0 Å². The zero-order chi connectivity index (χ0) is 6.97. The zero-order valence-electron chi connectivity index (χ0n) is 4.96. The minimum Gasteiger partial charge on any atom is -0.343 e. The maximum Gasteiger partial charge on any atom is 0.155 e. The third-order valence-electron chi connectivity index (χ3n) is 1.26. The van der Waals surface area contributed by atoms with Crippen molar-refractivity contribution in [1.82, 2.24) is 20.2 Å². The molecule has 0 aromatic carbocycles. The Hall–Kier alpha value is -1.23. The molecule has 0 radical (unpaired) electrons. The van der Waals surface area contributed by atoms with Gasteiger partial charge in [0.05, 0.1) is 18.0 Å². The molecule has 2 aromatic rings. The van der Waals surface area contributed by atoms with Gasteiger partial charge in [0.2, 0.25) is 0 Å². The van der Waals surface area contributed by atoms with E-state index in [0.29, 0.717) is 4.64 Å². The van der Waals surface area contributed by atoms with Crippen LogP contribution in [0.4, 0.5) is 0 Å². The van der Waals surface area contributed by atoms with Crippen LogP contribution in [0.25, 0.3) is 11.0 Å². The van der Waals surface area contributed by atoms with Crippen molar-refractivity contribution in [3.05, 3.63) is 17.2 Å². The summed E-state index contributed by atoms with van der Waals surface area (Å²) in [6.45, 7) is 0. The first-order chi connectivity index (χ1) is 4.88. The van der Waals surface area contributed by atoms with Crippen LogP contribution in [0.1, 0.15) is 0 Å². The van der Waals surface area contributed by atoms with Crippen LogP contribution >= 0.6 is 12.2 Å². The van der Waals surface area contributed by atoms with E-state index < -0.39 is 0 Å². The fraction of sp³-hybridized carbons (Fsp3) is 0. The highest BCUT2D eigenvalue weighted by Gasteiger charge is 1.94. The van der Waals surface area contributed by atoms with Crippen LogP contribution in [0.15, 0.2) is 12.5 Å². The van der Waals surface area contributed by atoms with Crippen molar-refractivity contribution in [2.75, 3.05) is 0 Å². The molecule has 50 valence electrons. The molecule has 10 heavy (non-hydrogen) atoms. The normalized spacial score (nSPS) is 10.4. The number of hydrogen-bond acceptors (Lipinski definition) is 3. The van der Waals surface area contributed by atoms with Crippen molar-refractivity contribution in [2.45, 2.75) is 0 Å². The van der Waals surface area contributed by atoms with E-state index in [1.165, 1.54) is 0 Å². The maximum atomic E-state index is 4.91. The van der Waals surface area contributed by atoms with E-state index in [2.05, 4.69) is 20.2 Å². The standard InChI is InChI=1S/C5H4N4S/c10-5-4-3(1-8-9-4)6-2-7-5/h1-2H,(H,8,9)(H,6,7,10). The van der Waals surface area contributed by atoms with E-state index in [1.807, 2.05) is 0 Å². The molecule has 0 amide bonds. The van der Waals surface area contributed by atoms with E-state index in [1.54, 1.807) is 12.5 Å². The lowest BCUT2D eigenvalue weighted by atomic mass is 10.5. The Labute approximate surface area is 61.3 Å². The van der Waals surface area contributed by atoms with Gasteiger partial charge in [-0.25, -0.2) is 4.98 Å². The molecular formula is C5H4N4S. The van der Waals surface area contributed by atoms with Crippen molar-refractivity contribution in [3.8, 4) is 0 Å². The first kappa shape index (κ1) is 5.55. The molecule has 0 aliphatic carbocycles. The predicted octanol–water partition coefficient (Wildman–Crippen LogP) is 1.02. The number of H-pyrrole nitrogens is 2. The number of nitrogens with one attached hydrogen (secondary N) is 2. The zero-order valence-corrected chi connectivity index (χ0v) is 5.77. The van der Waals surface area contributed by atoms with Crippen LogP contribution in [0.5, 0.6) is 0 Å². The Morgan fingerprint density at radius 1 is 1.50 bits per heavy atom. The molecule has 2 rings (SSSR count). The molecule has 0 bridgehead atoms. The highest BCUT2D eigenvalue weighted by Crippen LogP contribution is 2.04. The first-order valence-electron chi connectivity index (χ1n) is 2.75. The average molecular weight is 152 g/mol. The summed E-state index contributed by atoms with van der Waals surface area (Å²) in [5, 5.41) is 6.54. The predicted molar refractivity (Wildman–Crippen MR) is 39.1 cm³/mol. The molecular weight excluding hydrogens is 148 g/mol. The Morgan fingerprint density at radius 2 is 2.40 bits per heavy atom. The summed E-state index contributed by atoms with van der Waals surface area (Å²) in [5.74, 6) is 0. The monoisotopic (exact) mass is 152 g/mol. The Kier molecular flexibility index (Phi) is 1.04. The average Bonchev–Trinajstić information content (AvgIpc) is 2.36. The number of fused-ring (bicyclic) bond motifs is 1. The number of hydrogen-bond donors (Lipinski definition) is 2. The molecule has 0 aliphatic heterocycles. The van der Waals surface area contributed by atoms with Gasteiger partial charge in [-0.3, -0.25) is 5.10 Å². The lowest BCUT2D eigenvalue weighted by molar-refractivity contribution is 1.11. The van der Waals surface area contributed by atoms with E-state index in [0.717, 1.165) is 11.0 Å². The topological polar surface area (TPSA) is 57.4 Å². The van der Waals surface area contributed by atoms with E-state index in [4.69, 9.17) is 12.2 Å². The summed E-state index contributed by atoms with van der Waals surface area (Å²) in [5.41, 5.74) is 1.68. The van der Waals surface area contributed by atoms with Gasteiger partial charge in [-0.15, -0.1) is 0 Å². The van der Waals surface area contributed by atoms with Crippen molar-refractivity contribution < 1.29 is 0 Å². The number of nitrogens with zero attached hydrogens (tertiary/aromatic N) is 2. The van der Waals surface area contributed by atoms with E-state index >= 15 is 0 Å². The summed E-state index contributed by atoms with van der Waals surface area (Å²) >= 11 is 4.91. The molecule has 0 atom stereocenters. The van der Waals surface area contributed by atoms with Crippen LogP contribution in [-0.2, 0) is 0 Å². The second-order valence-electron chi connectivity index (χ2n) is 1.87. The smallest absolute Gasteiger partial charge is 0.155 e. The summed E-state index contributed by atoms with van der Waals surface area (Å²) in [6, 6.07) is 0. The second kappa shape index (κ2) is 1.88. The third-order valence-corrected chi connectivity index (χ3v) is 1.56. The Balaban J connectivity index is 3.09. The summed E-state index contributed by atoms with van der Waals surface area (Å²) in [4.78, 5) is 6.77. The number of aromatic nitrogens is 4. The quantitative estimate of drug-likeness (QED) is 0.554. The molecule has 0 aliphatic rings. The van der Waals surface area contributed by atoms with E-state index in [-0.39, 0.29) is 0 Å².